The number of thioether (sulfide) groups is 1. The molecule has 2 heterocycles. The second kappa shape index (κ2) is 5.86. The van der Waals surface area contributed by atoms with Crippen molar-refractivity contribution in [2.75, 3.05) is 11.9 Å². The van der Waals surface area contributed by atoms with Gasteiger partial charge in [0.25, 0.3) is 11.8 Å². The van der Waals surface area contributed by atoms with E-state index in [0.717, 1.165) is 23.0 Å². The Hall–Kier alpha value is -2.93. The normalized spacial score (nSPS) is 21.0. The molecule has 5 nitrogen and oxygen atoms in total. The first kappa shape index (κ1) is 15.6. The molecule has 1 saturated heterocycles. The largest absolute Gasteiger partial charge is 0.311 e. The first-order chi connectivity index (χ1) is 12.0. The third kappa shape index (κ3) is 2.62. The van der Waals surface area contributed by atoms with E-state index in [0.29, 0.717) is 21.3 Å². The molecule has 0 bridgehead atoms. The molecule has 0 aromatic heterocycles. The van der Waals surface area contributed by atoms with Crippen LogP contribution in [0.15, 0.2) is 58.4 Å². The standard InChI is InChI=1S/C18H12FN3O2S/c1-22-13-5-3-2-4-12(13)14(17(22)24)15-16(23)21-18(25-15)20-11-8-6-10(19)7-9-11/h2-9H,1H3,(H,20,21,23). The lowest BCUT2D eigenvalue weighted by molar-refractivity contribution is -0.116. The Morgan fingerprint density at radius 2 is 1.80 bits per heavy atom. The molecule has 0 spiro atoms. The molecule has 0 saturated carbocycles. The minimum atomic E-state index is -0.362. The number of likely N-dealkylation sites (N-methyl/N-ethyl adjacent to an activating group) is 1. The highest BCUT2D eigenvalue weighted by Gasteiger charge is 2.37. The zero-order valence-corrected chi connectivity index (χ0v) is 13.9. The third-order valence-electron chi connectivity index (χ3n) is 3.96. The van der Waals surface area contributed by atoms with E-state index in [1.807, 2.05) is 24.3 Å². The van der Waals surface area contributed by atoms with E-state index < -0.39 is 0 Å². The van der Waals surface area contributed by atoms with Gasteiger partial charge in [0, 0.05) is 12.6 Å². The van der Waals surface area contributed by atoms with Crippen molar-refractivity contribution in [2.45, 2.75) is 0 Å². The molecule has 0 unspecified atom stereocenters. The molecule has 0 aliphatic carbocycles. The lowest BCUT2D eigenvalue weighted by Crippen LogP contribution is -2.23. The van der Waals surface area contributed by atoms with Crippen molar-refractivity contribution in [1.29, 1.82) is 0 Å². The summed E-state index contributed by atoms with van der Waals surface area (Å²) in [4.78, 5) is 31.1. The Morgan fingerprint density at radius 1 is 1.08 bits per heavy atom. The highest BCUT2D eigenvalue weighted by Crippen LogP contribution is 2.42. The predicted molar refractivity (Wildman–Crippen MR) is 96.0 cm³/mol. The quantitative estimate of drug-likeness (QED) is 0.802. The van der Waals surface area contributed by atoms with Crippen LogP contribution in [0.5, 0.6) is 0 Å². The van der Waals surface area contributed by atoms with Gasteiger partial charge in [-0.1, -0.05) is 18.2 Å². The zero-order chi connectivity index (χ0) is 17.6. The van der Waals surface area contributed by atoms with E-state index in [-0.39, 0.29) is 17.6 Å². The third-order valence-corrected chi connectivity index (χ3v) is 4.94. The van der Waals surface area contributed by atoms with Crippen LogP contribution in [0.25, 0.3) is 5.57 Å². The van der Waals surface area contributed by atoms with E-state index in [4.69, 9.17) is 0 Å². The van der Waals surface area contributed by atoms with Crippen LogP contribution in [0.3, 0.4) is 0 Å². The number of anilines is 1. The highest BCUT2D eigenvalue weighted by atomic mass is 32.2. The van der Waals surface area contributed by atoms with E-state index >= 15 is 0 Å². The van der Waals surface area contributed by atoms with Crippen LogP contribution in [0.4, 0.5) is 15.8 Å². The number of halogens is 1. The van der Waals surface area contributed by atoms with Crippen LogP contribution in [-0.2, 0) is 9.59 Å². The topological polar surface area (TPSA) is 61.8 Å². The molecule has 25 heavy (non-hydrogen) atoms. The summed E-state index contributed by atoms with van der Waals surface area (Å²) in [5.41, 5.74) is 2.40. The van der Waals surface area contributed by atoms with Gasteiger partial charge < -0.3 is 10.2 Å². The Bertz CT molecular complexity index is 967. The van der Waals surface area contributed by atoms with Crippen LogP contribution in [0.1, 0.15) is 5.56 Å². The molecule has 1 fully saturated rings. The molecule has 2 aliphatic rings. The lowest BCUT2D eigenvalue weighted by atomic mass is 10.1. The number of rotatable bonds is 1. The molecule has 0 radical (unpaired) electrons. The molecule has 0 atom stereocenters. The van der Waals surface area contributed by atoms with Gasteiger partial charge in [0.15, 0.2) is 5.17 Å². The number of amidine groups is 1. The number of benzene rings is 2. The number of amides is 2. The molecule has 2 aromatic carbocycles. The van der Waals surface area contributed by atoms with Crippen molar-refractivity contribution in [3.8, 4) is 0 Å². The zero-order valence-electron chi connectivity index (χ0n) is 13.1. The van der Waals surface area contributed by atoms with Crippen molar-refractivity contribution < 1.29 is 14.0 Å². The van der Waals surface area contributed by atoms with Gasteiger partial charge in [0.05, 0.1) is 21.9 Å². The number of aliphatic imine (C=N–C) groups is 1. The number of nitrogens with one attached hydrogen (secondary N) is 1. The van der Waals surface area contributed by atoms with Gasteiger partial charge in [0.2, 0.25) is 0 Å². The van der Waals surface area contributed by atoms with Crippen LogP contribution in [0.2, 0.25) is 0 Å². The first-order valence-electron chi connectivity index (χ1n) is 7.50. The van der Waals surface area contributed by atoms with Gasteiger partial charge in [-0.3, -0.25) is 9.59 Å². The van der Waals surface area contributed by atoms with Crippen molar-refractivity contribution >= 4 is 45.7 Å². The fourth-order valence-corrected chi connectivity index (χ4v) is 3.69. The summed E-state index contributed by atoms with van der Waals surface area (Å²) in [6.45, 7) is 0. The Labute approximate surface area is 147 Å². The maximum atomic E-state index is 13.0. The highest BCUT2D eigenvalue weighted by molar-refractivity contribution is 8.18. The molecule has 4 rings (SSSR count). The lowest BCUT2D eigenvalue weighted by Gasteiger charge is -2.08. The van der Waals surface area contributed by atoms with E-state index in [1.54, 1.807) is 7.05 Å². The maximum absolute atomic E-state index is 13.0. The summed E-state index contributed by atoms with van der Waals surface area (Å²) in [6.07, 6.45) is 0. The minimum Gasteiger partial charge on any atom is -0.311 e. The molecule has 1 N–H and O–H groups in total. The number of nitrogens with zero attached hydrogens (tertiary/aromatic N) is 2. The molecule has 7 heteroatoms. The van der Waals surface area contributed by atoms with Crippen LogP contribution in [0, 0.1) is 5.82 Å². The Morgan fingerprint density at radius 3 is 2.56 bits per heavy atom. The van der Waals surface area contributed by atoms with Crippen LogP contribution in [-0.4, -0.2) is 24.0 Å². The second-order valence-electron chi connectivity index (χ2n) is 5.54. The maximum Gasteiger partial charge on any atom is 0.264 e. The fourth-order valence-electron chi connectivity index (χ4n) is 2.76. The van der Waals surface area contributed by atoms with Gasteiger partial charge in [-0.05, 0) is 42.1 Å². The molecule has 2 aromatic rings. The monoisotopic (exact) mass is 353 g/mol. The molecular formula is C18H12FN3O2S. The summed E-state index contributed by atoms with van der Waals surface area (Å²) in [5, 5.41) is 3.02. The smallest absolute Gasteiger partial charge is 0.264 e. The molecule has 2 amide bonds. The van der Waals surface area contributed by atoms with E-state index in [1.165, 1.54) is 29.2 Å². The van der Waals surface area contributed by atoms with Crippen molar-refractivity contribution in [3.05, 3.63) is 64.8 Å². The SMILES string of the molecule is CN1C(=O)C(=C2SC(=Nc3ccc(F)cc3)NC2=O)c2ccccc21. The average molecular weight is 353 g/mol. The number of hydrogen-bond acceptors (Lipinski definition) is 4. The Kier molecular flexibility index (Phi) is 3.65. The fraction of sp³-hybridized carbons (Fsp3) is 0.0556. The van der Waals surface area contributed by atoms with Gasteiger partial charge in [0.1, 0.15) is 5.82 Å². The number of fused-ring (bicyclic) bond motifs is 1. The molecule has 2 aliphatic heterocycles. The van der Waals surface area contributed by atoms with Gasteiger partial charge in [-0.2, -0.15) is 0 Å². The summed E-state index contributed by atoms with van der Waals surface area (Å²) < 4.78 is 13.0. The first-order valence-corrected chi connectivity index (χ1v) is 8.31. The minimum absolute atomic E-state index is 0.220. The summed E-state index contributed by atoms with van der Waals surface area (Å²) in [6, 6.07) is 13.0. The molecular weight excluding hydrogens is 341 g/mol. The van der Waals surface area contributed by atoms with Crippen molar-refractivity contribution in [3.63, 3.8) is 0 Å². The van der Waals surface area contributed by atoms with E-state index in [2.05, 4.69) is 10.3 Å². The number of carbonyl (C=O) groups is 2. The Balaban J connectivity index is 1.75. The van der Waals surface area contributed by atoms with Crippen LogP contribution >= 0.6 is 11.8 Å². The molecule has 124 valence electrons. The summed E-state index contributed by atoms with van der Waals surface area (Å²) >= 11 is 1.11. The predicted octanol–water partition coefficient (Wildman–Crippen LogP) is 3.06. The van der Waals surface area contributed by atoms with E-state index in [9.17, 15) is 14.0 Å². The average Bonchev–Trinajstić information content (AvgIpc) is 3.08. The van der Waals surface area contributed by atoms with Crippen molar-refractivity contribution in [1.82, 2.24) is 5.32 Å². The number of carbonyl (C=O) groups excluding carboxylic acids is 2. The van der Waals surface area contributed by atoms with Gasteiger partial charge in [-0.15, -0.1) is 0 Å². The van der Waals surface area contributed by atoms with Gasteiger partial charge in [-0.25, -0.2) is 9.38 Å². The van der Waals surface area contributed by atoms with Crippen molar-refractivity contribution in [2.24, 2.45) is 4.99 Å². The summed E-state index contributed by atoms with van der Waals surface area (Å²) in [7, 11) is 1.68. The number of para-hydroxylation sites is 1. The van der Waals surface area contributed by atoms with Gasteiger partial charge >= 0.3 is 0 Å². The second-order valence-corrected chi connectivity index (χ2v) is 6.53. The number of hydrogen-bond donors (Lipinski definition) is 1. The van der Waals surface area contributed by atoms with Crippen LogP contribution < -0.4 is 10.2 Å². The summed E-state index contributed by atoms with van der Waals surface area (Å²) in [5.74, 6) is -0.938.